The molecule has 1 aromatic rings. The molecule has 0 bridgehead atoms. The normalized spacial score (nSPS) is 11.4. The van der Waals surface area contributed by atoms with E-state index in [1.54, 1.807) is 6.92 Å². The van der Waals surface area contributed by atoms with Crippen LogP contribution in [0.3, 0.4) is 0 Å². The van der Waals surface area contributed by atoms with Crippen LogP contribution in [-0.4, -0.2) is 17.9 Å². The van der Waals surface area contributed by atoms with Crippen molar-refractivity contribution < 1.29 is 22.7 Å². The minimum Gasteiger partial charge on any atom is -0.462 e. The SMILES string of the molecule is CCOC(=O)c1cc(CCCBr)cc(C(F)(F)F)c1. The van der Waals surface area contributed by atoms with Crippen LogP contribution in [0.15, 0.2) is 18.2 Å². The quantitative estimate of drug-likeness (QED) is 0.593. The number of hydrogen-bond acceptors (Lipinski definition) is 2. The number of hydrogen-bond donors (Lipinski definition) is 0. The minimum atomic E-state index is -4.47. The summed E-state index contributed by atoms with van der Waals surface area (Å²) in [6.07, 6.45) is -3.29. The third-order valence-electron chi connectivity index (χ3n) is 2.43. The first-order chi connectivity index (χ1) is 8.88. The standard InChI is InChI=1S/C13H14BrF3O2/c1-2-19-12(18)10-6-9(4-3-5-14)7-11(8-10)13(15,16)17/h6-8H,2-5H2,1H3. The second-order valence-corrected chi connectivity index (χ2v) is 4.72. The molecule has 19 heavy (non-hydrogen) atoms. The molecule has 0 fully saturated rings. The van der Waals surface area contributed by atoms with Crippen molar-refractivity contribution in [3.8, 4) is 0 Å². The van der Waals surface area contributed by atoms with Crippen molar-refractivity contribution in [1.82, 2.24) is 0 Å². The van der Waals surface area contributed by atoms with E-state index in [0.717, 1.165) is 12.1 Å². The Morgan fingerprint density at radius 1 is 1.32 bits per heavy atom. The molecule has 0 aliphatic carbocycles. The zero-order chi connectivity index (χ0) is 14.5. The molecule has 0 atom stereocenters. The van der Waals surface area contributed by atoms with Crippen molar-refractivity contribution >= 4 is 21.9 Å². The van der Waals surface area contributed by atoms with E-state index < -0.39 is 17.7 Å². The molecular weight excluding hydrogens is 325 g/mol. The van der Waals surface area contributed by atoms with Gasteiger partial charge in [-0.1, -0.05) is 15.9 Å². The third-order valence-corrected chi connectivity index (χ3v) is 2.99. The van der Waals surface area contributed by atoms with E-state index in [-0.39, 0.29) is 12.2 Å². The fraction of sp³-hybridized carbons (Fsp3) is 0.462. The summed E-state index contributed by atoms with van der Waals surface area (Å²) in [5.74, 6) is -0.728. The highest BCUT2D eigenvalue weighted by atomic mass is 79.9. The van der Waals surface area contributed by atoms with Gasteiger partial charge >= 0.3 is 12.1 Å². The zero-order valence-corrected chi connectivity index (χ0v) is 12.0. The number of carbonyl (C=O) groups excluding carboxylic acids is 1. The molecule has 0 aromatic heterocycles. The van der Waals surface area contributed by atoms with Crippen molar-refractivity contribution in [2.24, 2.45) is 0 Å². The predicted molar refractivity (Wildman–Crippen MR) is 69.5 cm³/mol. The molecule has 106 valence electrons. The van der Waals surface area contributed by atoms with Gasteiger partial charge in [-0.2, -0.15) is 13.2 Å². The van der Waals surface area contributed by atoms with Crippen molar-refractivity contribution in [3.05, 3.63) is 34.9 Å². The Labute approximate surface area is 118 Å². The molecule has 0 N–H and O–H groups in total. The molecule has 0 aliphatic rings. The maximum absolute atomic E-state index is 12.8. The highest BCUT2D eigenvalue weighted by Crippen LogP contribution is 2.31. The molecular formula is C13H14BrF3O2. The van der Waals surface area contributed by atoms with Gasteiger partial charge in [0, 0.05) is 5.33 Å². The van der Waals surface area contributed by atoms with Gasteiger partial charge in [-0.05, 0) is 43.5 Å². The summed E-state index contributed by atoms with van der Waals surface area (Å²) in [4.78, 5) is 11.6. The molecule has 2 nitrogen and oxygen atoms in total. The first kappa shape index (κ1) is 16.0. The molecule has 0 amide bonds. The molecule has 6 heteroatoms. The van der Waals surface area contributed by atoms with Gasteiger partial charge in [0.25, 0.3) is 0 Å². The lowest BCUT2D eigenvalue weighted by molar-refractivity contribution is -0.137. The van der Waals surface area contributed by atoms with Gasteiger partial charge in [-0.25, -0.2) is 4.79 Å². The molecule has 0 saturated carbocycles. The summed E-state index contributed by atoms with van der Waals surface area (Å²) in [6, 6.07) is 3.36. The van der Waals surface area contributed by atoms with E-state index in [2.05, 4.69) is 15.9 Å². The Kier molecular flexibility index (Phi) is 5.85. The van der Waals surface area contributed by atoms with Crippen LogP contribution in [-0.2, 0) is 17.3 Å². The summed E-state index contributed by atoms with van der Waals surface area (Å²) in [5, 5.41) is 0.692. The number of ether oxygens (including phenoxy) is 1. The summed E-state index contributed by atoms with van der Waals surface area (Å²) in [6.45, 7) is 1.74. The van der Waals surface area contributed by atoms with E-state index in [0.29, 0.717) is 23.7 Å². The van der Waals surface area contributed by atoms with Crippen molar-refractivity contribution in [2.45, 2.75) is 25.9 Å². The molecule has 0 spiro atoms. The average molecular weight is 339 g/mol. The van der Waals surface area contributed by atoms with Crippen LogP contribution in [0.1, 0.15) is 34.8 Å². The van der Waals surface area contributed by atoms with Crippen LogP contribution in [0.2, 0.25) is 0 Å². The second kappa shape index (κ2) is 6.93. The lowest BCUT2D eigenvalue weighted by Gasteiger charge is -2.11. The largest absolute Gasteiger partial charge is 0.462 e. The number of esters is 1. The molecule has 1 rings (SSSR count). The molecule has 1 aromatic carbocycles. The number of rotatable bonds is 5. The van der Waals surface area contributed by atoms with Crippen LogP contribution in [0.5, 0.6) is 0 Å². The molecule has 0 heterocycles. The number of halogens is 4. The summed E-state index contributed by atoms with van der Waals surface area (Å²) in [7, 11) is 0. The Balaban J connectivity index is 3.12. The summed E-state index contributed by atoms with van der Waals surface area (Å²) < 4.78 is 43.0. The smallest absolute Gasteiger partial charge is 0.416 e. The number of benzene rings is 1. The Morgan fingerprint density at radius 3 is 2.53 bits per heavy atom. The van der Waals surface area contributed by atoms with Gasteiger partial charge in [0.05, 0.1) is 17.7 Å². The van der Waals surface area contributed by atoms with Crippen molar-refractivity contribution in [1.29, 1.82) is 0 Å². The molecule has 0 radical (unpaired) electrons. The van der Waals surface area contributed by atoms with Gasteiger partial charge in [-0.3, -0.25) is 0 Å². The summed E-state index contributed by atoms with van der Waals surface area (Å²) in [5.41, 5.74) is -0.388. The maximum atomic E-state index is 12.8. The van der Waals surface area contributed by atoms with Gasteiger partial charge in [0.15, 0.2) is 0 Å². The fourth-order valence-electron chi connectivity index (χ4n) is 1.60. The van der Waals surface area contributed by atoms with Crippen LogP contribution in [0.25, 0.3) is 0 Å². The van der Waals surface area contributed by atoms with Crippen molar-refractivity contribution in [2.75, 3.05) is 11.9 Å². The van der Waals surface area contributed by atoms with Gasteiger partial charge < -0.3 is 4.74 Å². The number of aryl methyl sites for hydroxylation is 1. The third kappa shape index (κ3) is 4.86. The molecule has 0 saturated heterocycles. The van der Waals surface area contributed by atoms with E-state index in [4.69, 9.17) is 4.74 Å². The fourth-order valence-corrected chi connectivity index (χ4v) is 1.88. The lowest BCUT2D eigenvalue weighted by atomic mass is 10.0. The van der Waals surface area contributed by atoms with Crippen LogP contribution in [0.4, 0.5) is 13.2 Å². The van der Waals surface area contributed by atoms with Gasteiger partial charge in [-0.15, -0.1) is 0 Å². The lowest BCUT2D eigenvalue weighted by Crippen LogP contribution is -2.11. The van der Waals surface area contributed by atoms with E-state index >= 15 is 0 Å². The van der Waals surface area contributed by atoms with Crippen LogP contribution < -0.4 is 0 Å². The van der Waals surface area contributed by atoms with Crippen molar-refractivity contribution in [3.63, 3.8) is 0 Å². The van der Waals surface area contributed by atoms with Gasteiger partial charge in [0.1, 0.15) is 0 Å². The minimum absolute atomic E-state index is 0.0544. The zero-order valence-electron chi connectivity index (χ0n) is 10.4. The number of carbonyl (C=O) groups is 1. The summed E-state index contributed by atoms with van der Waals surface area (Å²) >= 11 is 3.22. The first-order valence-electron chi connectivity index (χ1n) is 5.82. The Bertz CT molecular complexity index is 444. The van der Waals surface area contributed by atoms with E-state index in [1.165, 1.54) is 6.07 Å². The predicted octanol–water partition coefficient (Wildman–Crippen LogP) is 4.21. The monoisotopic (exact) mass is 338 g/mol. The van der Waals surface area contributed by atoms with Gasteiger partial charge in [0.2, 0.25) is 0 Å². The first-order valence-corrected chi connectivity index (χ1v) is 6.95. The van der Waals surface area contributed by atoms with E-state index in [9.17, 15) is 18.0 Å². The molecule has 0 unspecified atom stereocenters. The topological polar surface area (TPSA) is 26.3 Å². The second-order valence-electron chi connectivity index (χ2n) is 3.93. The highest BCUT2D eigenvalue weighted by Gasteiger charge is 2.31. The van der Waals surface area contributed by atoms with Crippen LogP contribution >= 0.6 is 15.9 Å². The molecule has 0 aliphatic heterocycles. The maximum Gasteiger partial charge on any atom is 0.416 e. The highest BCUT2D eigenvalue weighted by molar-refractivity contribution is 9.09. The van der Waals surface area contributed by atoms with E-state index in [1.807, 2.05) is 0 Å². The Hall–Kier alpha value is -1.04. The average Bonchev–Trinajstić information content (AvgIpc) is 2.35. The number of alkyl halides is 4. The van der Waals surface area contributed by atoms with Crippen LogP contribution in [0, 0.1) is 0 Å². The Morgan fingerprint density at radius 2 is 2.00 bits per heavy atom.